The van der Waals surface area contributed by atoms with Gasteiger partial charge in [-0.15, -0.1) is 4.91 Å². The van der Waals surface area contributed by atoms with Gasteiger partial charge < -0.3 is 5.32 Å². The highest BCUT2D eigenvalue weighted by Crippen LogP contribution is 2.29. The van der Waals surface area contributed by atoms with E-state index >= 15 is 0 Å². The molecule has 31 heavy (non-hydrogen) atoms. The summed E-state index contributed by atoms with van der Waals surface area (Å²) >= 11 is 0. The average molecular weight is 412 g/mol. The molecule has 0 radical (unpaired) electrons. The Labute approximate surface area is 180 Å². The van der Waals surface area contributed by atoms with Crippen molar-refractivity contribution in [2.75, 3.05) is 5.32 Å². The fraction of sp³-hybridized carbons (Fsp3) is 0.200. The molecule has 0 bridgehead atoms. The van der Waals surface area contributed by atoms with E-state index in [9.17, 15) is 9.70 Å². The van der Waals surface area contributed by atoms with E-state index in [1.165, 1.54) is 4.68 Å². The highest BCUT2D eigenvalue weighted by atomic mass is 16.3. The van der Waals surface area contributed by atoms with Crippen molar-refractivity contribution in [2.24, 2.45) is 5.18 Å². The quantitative estimate of drug-likeness (QED) is 0.375. The van der Waals surface area contributed by atoms with Gasteiger partial charge in [0, 0.05) is 22.7 Å². The van der Waals surface area contributed by atoms with Gasteiger partial charge in [0.05, 0.1) is 11.1 Å². The number of fused-ring (bicyclic) bond motifs is 1. The SMILES string of the molecule is CCC(CC)Nc1ccc(N=O)c(-n2nc(-c3ccccc3)c3ccccc3c2=O)c1. The Morgan fingerprint density at radius 1 is 0.935 bits per heavy atom. The number of hydrogen-bond acceptors (Lipinski definition) is 5. The second kappa shape index (κ2) is 8.92. The molecule has 0 fully saturated rings. The first-order valence-electron chi connectivity index (χ1n) is 10.5. The van der Waals surface area contributed by atoms with E-state index in [0.29, 0.717) is 22.8 Å². The number of hydrogen-bond donors (Lipinski definition) is 1. The third kappa shape index (κ3) is 3.97. The molecule has 6 nitrogen and oxygen atoms in total. The summed E-state index contributed by atoms with van der Waals surface area (Å²) in [5.74, 6) is 0. The molecule has 0 amide bonds. The van der Waals surface area contributed by atoms with Gasteiger partial charge in [0.25, 0.3) is 5.56 Å². The minimum Gasteiger partial charge on any atom is -0.382 e. The second-order valence-electron chi connectivity index (χ2n) is 7.43. The Hall–Kier alpha value is -3.80. The van der Waals surface area contributed by atoms with E-state index in [-0.39, 0.29) is 11.2 Å². The summed E-state index contributed by atoms with van der Waals surface area (Å²) in [5.41, 5.74) is 2.61. The number of nitrogens with zero attached hydrogens (tertiary/aromatic N) is 3. The molecule has 4 aromatic rings. The van der Waals surface area contributed by atoms with Crippen LogP contribution in [0.1, 0.15) is 26.7 Å². The van der Waals surface area contributed by atoms with Gasteiger partial charge in [0.15, 0.2) is 0 Å². The Morgan fingerprint density at radius 3 is 2.29 bits per heavy atom. The highest BCUT2D eigenvalue weighted by molar-refractivity contribution is 5.94. The summed E-state index contributed by atoms with van der Waals surface area (Å²) in [7, 11) is 0. The van der Waals surface area contributed by atoms with Crippen molar-refractivity contribution in [3.63, 3.8) is 0 Å². The molecule has 1 aromatic heterocycles. The molecule has 1 N–H and O–H groups in total. The Kier molecular flexibility index (Phi) is 5.89. The number of aromatic nitrogens is 2. The van der Waals surface area contributed by atoms with Crippen molar-refractivity contribution < 1.29 is 0 Å². The van der Waals surface area contributed by atoms with Crippen molar-refractivity contribution in [3.05, 3.63) is 88.1 Å². The van der Waals surface area contributed by atoms with E-state index in [1.807, 2.05) is 54.6 Å². The smallest absolute Gasteiger partial charge is 0.279 e. The van der Waals surface area contributed by atoms with Gasteiger partial charge in [-0.3, -0.25) is 4.79 Å². The summed E-state index contributed by atoms with van der Waals surface area (Å²) in [4.78, 5) is 24.9. The maximum absolute atomic E-state index is 13.4. The van der Waals surface area contributed by atoms with E-state index in [1.54, 1.807) is 18.2 Å². The van der Waals surface area contributed by atoms with Gasteiger partial charge in [-0.1, -0.05) is 62.4 Å². The van der Waals surface area contributed by atoms with E-state index in [4.69, 9.17) is 0 Å². The van der Waals surface area contributed by atoms with Crippen molar-refractivity contribution in [3.8, 4) is 16.9 Å². The lowest BCUT2D eigenvalue weighted by molar-refractivity contribution is 0.671. The first-order valence-corrected chi connectivity index (χ1v) is 10.5. The fourth-order valence-corrected chi connectivity index (χ4v) is 3.75. The van der Waals surface area contributed by atoms with Crippen LogP contribution in [0.2, 0.25) is 0 Å². The molecular formula is C25H24N4O2. The second-order valence-corrected chi connectivity index (χ2v) is 7.43. The van der Waals surface area contributed by atoms with E-state index in [0.717, 1.165) is 29.5 Å². The van der Waals surface area contributed by atoms with Crippen molar-refractivity contribution in [2.45, 2.75) is 32.7 Å². The minimum absolute atomic E-state index is 0.166. The van der Waals surface area contributed by atoms with Crippen LogP contribution in [0, 0.1) is 4.91 Å². The summed E-state index contributed by atoms with van der Waals surface area (Å²) in [6.45, 7) is 4.23. The molecule has 6 heteroatoms. The third-order valence-electron chi connectivity index (χ3n) is 5.51. The molecule has 3 aromatic carbocycles. The van der Waals surface area contributed by atoms with Crippen molar-refractivity contribution in [1.82, 2.24) is 9.78 Å². The van der Waals surface area contributed by atoms with E-state index < -0.39 is 0 Å². The topological polar surface area (TPSA) is 76.3 Å². The molecule has 0 aliphatic rings. The molecule has 0 saturated carbocycles. The molecule has 0 spiro atoms. The summed E-state index contributed by atoms with van der Waals surface area (Å²) in [5, 5.41) is 12.6. The van der Waals surface area contributed by atoms with Gasteiger partial charge in [-0.25, -0.2) is 0 Å². The van der Waals surface area contributed by atoms with Crippen LogP contribution >= 0.6 is 0 Å². The maximum Gasteiger partial charge on any atom is 0.279 e. The van der Waals surface area contributed by atoms with Gasteiger partial charge >= 0.3 is 0 Å². The molecule has 1 heterocycles. The Bertz CT molecular complexity index is 1280. The first-order chi connectivity index (χ1) is 15.2. The highest BCUT2D eigenvalue weighted by Gasteiger charge is 2.17. The zero-order chi connectivity index (χ0) is 21.8. The van der Waals surface area contributed by atoms with Crippen LogP contribution in [-0.2, 0) is 0 Å². The third-order valence-corrected chi connectivity index (χ3v) is 5.51. The van der Waals surface area contributed by atoms with E-state index in [2.05, 4.69) is 29.4 Å². The van der Waals surface area contributed by atoms with Crippen LogP contribution in [0.4, 0.5) is 11.4 Å². The normalized spacial score (nSPS) is 11.1. The number of nitroso groups, excluding NO2 is 1. The van der Waals surface area contributed by atoms with Gasteiger partial charge in [-0.05, 0) is 42.3 Å². The standard InChI is InChI=1S/C25H24N4O2/c1-3-18(4-2)26-19-14-15-22(28-31)23(16-19)29-25(30)21-13-9-8-12-20(21)24(27-29)17-10-6-5-7-11-17/h5-16,18,26H,3-4H2,1-2H3. The predicted octanol–water partition coefficient (Wildman–Crippen LogP) is 6.05. The van der Waals surface area contributed by atoms with Crippen LogP contribution in [0.25, 0.3) is 27.7 Å². The summed E-state index contributed by atoms with van der Waals surface area (Å²) < 4.78 is 1.29. The summed E-state index contributed by atoms with van der Waals surface area (Å²) in [6, 6.07) is 22.6. The zero-order valence-electron chi connectivity index (χ0n) is 17.6. The first kappa shape index (κ1) is 20.5. The van der Waals surface area contributed by atoms with Crippen LogP contribution in [0.3, 0.4) is 0 Å². The lowest BCUT2D eigenvalue weighted by Gasteiger charge is -2.18. The number of nitrogens with one attached hydrogen (secondary N) is 1. The predicted molar refractivity (Wildman–Crippen MR) is 126 cm³/mol. The fourth-order valence-electron chi connectivity index (χ4n) is 3.75. The maximum atomic E-state index is 13.4. The summed E-state index contributed by atoms with van der Waals surface area (Å²) in [6.07, 6.45) is 1.93. The molecule has 4 rings (SSSR count). The molecule has 0 aliphatic heterocycles. The van der Waals surface area contributed by atoms with Crippen molar-refractivity contribution >= 4 is 22.1 Å². The molecule has 0 saturated heterocycles. The van der Waals surface area contributed by atoms with Gasteiger partial charge in [0.2, 0.25) is 0 Å². The monoisotopic (exact) mass is 412 g/mol. The number of rotatable bonds is 7. The van der Waals surface area contributed by atoms with Gasteiger partial charge in [-0.2, -0.15) is 9.78 Å². The largest absolute Gasteiger partial charge is 0.382 e. The Balaban J connectivity index is 1.97. The lowest BCUT2D eigenvalue weighted by Crippen LogP contribution is -2.23. The Morgan fingerprint density at radius 2 is 1.61 bits per heavy atom. The number of benzene rings is 3. The van der Waals surface area contributed by atoms with Gasteiger partial charge in [0.1, 0.15) is 11.4 Å². The number of anilines is 1. The molecule has 0 unspecified atom stereocenters. The lowest BCUT2D eigenvalue weighted by atomic mass is 10.1. The molecule has 0 aliphatic carbocycles. The van der Waals surface area contributed by atoms with Crippen LogP contribution in [-0.4, -0.2) is 15.8 Å². The minimum atomic E-state index is -0.292. The zero-order valence-corrected chi connectivity index (χ0v) is 17.6. The molecule has 156 valence electrons. The molecular weight excluding hydrogens is 388 g/mol. The molecule has 0 atom stereocenters. The average Bonchev–Trinajstić information content (AvgIpc) is 2.83. The van der Waals surface area contributed by atoms with Crippen LogP contribution < -0.4 is 10.9 Å². The van der Waals surface area contributed by atoms with Crippen LogP contribution in [0.15, 0.2) is 82.8 Å². The van der Waals surface area contributed by atoms with Crippen molar-refractivity contribution in [1.29, 1.82) is 0 Å². The van der Waals surface area contributed by atoms with Crippen LogP contribution in [0.5, 0.6) is 0 Å².